The molecule has 1 amide bonds. The molecule has 1 aromatic heterocycles. The van der Waals surface area contributed by atoms with Crippen LogP contribution in [0.4, 0.5) is 15.9 Å². The molecule has 5 nitrogen and oxygen atoms in total. The molecule has 0 atom stereocenters. The van der Waals surface area contributed by atoms with Crippen LogP contribution in [0.15, 0.2) is 120 Å². The number of amides is 1. The predicted octanol–water partition coefficient (Wildman–Crippen LogP) is 8.06. The summed E-state index contributed by atoms with van der Waals surface area (Å²) in [6.07, 6.45) is 0.874. The molecule has 5 rings (SSSR count). The van der Waals surface area contributed by atoms with Gasteiger partial charge in [0, 0.05) is 36.2 Å². The normalized spacial score (nSPS) is 10.8. The molecule has 5 aromatic rings. The lowest BCUT2D eigenvalue weighted by atomic mass is 10.1. The number of carbonyl (C=O) groups is 1. The van der Waals surface area contributed by atoms with Gasteiger partial charge < -0.3 is 10.2 Å². The molecular formula is C33H28ClFN4OS. The number of aromatic nitrogens is 2. The number of halogens is 2. The molecule has 0 fully saturated rings. The second-order valence-corrected chi connectivity index (χ2v) is 10.8. The van der Waals surface area contributed by atoms with Gasteiger partial charge in [-0.2, -0.15) is 0 Å². The number of carbonyl (C=O) groups excluding carboxylic acids is 1. The molecule has 0 spiro atoms. The minimum atomic E-state index is -0.350. The Morgan fingerprint density at radius 3 is 2.15 bits per heavy atom. The quantitative estimate of drug-likeness (QED) is 0.0969. The van der Waals surface area contributed by atoms with Crippen molar-refractivity contribution in [2.45, 2.75) is 23.9 Å². The first-order valence-electron chi connectivity index (χ1n) is 13.2. The number of nitrogens with zero attached hydrogens (tertiary/aromatic N) is 3. The summed E-state index contributed by atoms with van der Waals surface area (Å²) in [6.45, 7) is 1.48. The van der Waals surface area contributed by atoms with Gasteiger partial charge in [-0.1, -0.05) is 96.2 Å². The Kier molecular flexibility index (Phi) is 9.62. The highest BCUT2D eigenvalue weighted by Crippen LogP contribution is 2.26. The van der Waals surface area contributed by atoms with E-state index in [2.05, 4.69) is 51.6 Å². The molecule has 0 unspecified atom stereocenters. The van der Waals surface area contributed by atoms with Crippen LogP contribution in [0.2, 0.25) is 5.15 Å². The SMILES string of the molecule is O=C(Nc1ccc(F)cc1)c1ccc(CSc2nc(Cl)cc(N(CCc3ccccc3)Cc3ccccc3)n2)cc1. The van der Waals surface area contributed by atoms with Gasteiger partial charge in [-0.25, -0.2) is 14.4 Å². The van der Waals surface area contributed by atoms with Crippen molar-refractivity contribution in [3.63, 3.8) is 0 Å². The van der Waals surface area contributed by atoms with Crippen LogP contribution in [0.3, 0.4) is 0 Å². The first-order chi connectivity index (χ1) is 20.0. The van der Waals surface area contributed by atoms with E-state index in [4.69, 9.17) is 16.6 Å². The summed E-state index contributed by atoms with van der Waals surface area (Å²) in [6, 6.07) is 35.5. The number of benzene rings is 4. The van der Waals surface area contributed by atoms with Crippen LogP contribution in [0.5, 0.6) is 0 Å². The standard InChI is InChI=1S/C33H28ClFN4OS/c34-30-21-31(39(22-25-9-5-2-6-10-25)20-19-24-7-3-1-4-8-24)38-33(37-30)41-23-26-11-13-27(14-12-26)32(40)36-29-17-15-28(35)16-18-29/h1-18,21H,19-20,22-23H2,(H,36,40). The van der Waals surface area contributed by atoms with Gasteiger partial charge in [0.05, 0.1) is 0 Å². The first-order valence-corrected chi connectivity index (χ1v) is 14.5. The summed E-state index contributed by atoms with van der Waals surface area (Å²) in [5, 5.41) is 3.75. The Labute approximate surface area is 248 Å². The molecule has 8 heteroatoms. The minimum absolute atomic E-state index is 0.257. The lowest BCUT2D eigenvalue weighted by Gasteiger charge is -2.24. The summed E-state index contributed by atoms with van der Waals surface area (Å²) in [4.78, 5) is 24.1. The molecule has 1 N–H and O–H groups in total. The van der Waals surface area contributed by atoms with Crippen molar-refractivity contribution in [2.24, 2.45) is 0 Å². The number of anilines is 2. The van der Waals surface area contributed by atoms with E-state index in [1.807, 2.05) is 42.5 Å². The topological polar surface area (TPSA) is 58.1 Å². The third kappa shape index (κ3) is 8.39. The van der Waals surface area contributed by atoms with E-state index in [9.17, 15) is 9.18 Å². The molecule has 0 saturated carbocycles. The van der Waals surface area contributed by atoms with Crippen molar-refractivity contribution < 1.29 is 9.18 Å². The summed E-state index contributed by atoms with van der Waals surface area (Å²) in [5.41, 5.74) is 4.51. The van der Waals surface area contributed by atoms with Gasteiger partial charge >= 0.3 is 0 Å². The average molecular weight is 583 g/mol. The lowest BCUT2D eigenvalue weighted by molar-refractivity contribution is 0.102. The zero-order chi connectivity index (χ0) is 28.4. The number of hydrogen-bond acceptors (Lipinski definition) is 5. The maximum absolute atomic E-state index is 13.1. The van der Waals surface area contributed by atoms with E-state index in [1.54, 1.807) is 12.1 Å². The van der Waals surface area contributed by atoms with E-state index in [1.165, 1.54) is 47.2 Å². The van der Waals surface area contributed by atoms with Crippen molar-refractivity contribution in [3.05, 3.63) is 148 Å². The molecule has 0 bridgehead atoms. The fraction of sp³-hybridized carbons (Fsp3) is 0.121. The van der Waals surface area contributed by atoms with E-state index < -0.39 is 0 Å². The number of rotatable bonds is 11. The Bertz CT molecular complexity index is 1570. The smallest absolute Gasteiger partial charge is 0.255 e. The fourth-order valence-corrected chi connectivity index (χ4v) is 5.27. The van der Waals surface area contributed by atoms with Crippen molar-refractivity contribution in [1.29, 1.82) is 0 Å². The number of hydrogen-bond donors (Lipinski definition) is 1. The molecule has 206 valence electrons. The fourth-order valence-electron chi connectivity index (χ4n) is 4.24. The van der Waals surface area contributed by atoms with E-state index >= 15 is 0 Å². The van der Waals surface area contributed by atoms with Gasteiger partial charge in [0.25, 0.3) is 5.91 Å². The molecule has 0 aliphatic carbocycles. The highest BCUT2D eigenvalue weighted by molar-refractivity contribution is 7.98. The van der Waals surface area contributed by atoms with E-state index in [0.717, 1.165) is 24.3 Å². The predicted molar refractivity (Wildman–Crippen MR) is 165 cm³/mol. The summed E-state index contributed by atoms with van der Waals surface area (Å²) in [5.74, 6) is 0.784. The molecule has 4 aromatic carbocycles. The highest BCUT2D eigenvalue weighted by atomic mass is 35.5. The van der Waals surface area contributed by atoms with Crippen LogP contribution in [0.25, 0.3) is 0 Å². The Morgan fingerprint density at radius 1 is 0.805 bits per heavy atom. The van der Waals surface area contributed by atoms with Gasteiger partial charge in [-0.15, -0.1) is 0 Å². The number of thioether (sulfide) groups is 1. The summed E-state index contributed by atoms with van der Waals surface area (Å²) in [7, 11) is 0. The third-order valence-electron chi connectivity index (χ3n) is 6.40. The lowest BCUT2D eigenvalue weighted by Crippen LogP contribution is -2.26. The number of nitrogens with one attached hydrogen (secondary N) is 1. The summed E-state index contributed by atoms with van der Waals surface area (Å²) < 4.78 is 13.1. The van der Waals surface area contributed by atoms with Crippen LogP contribution in [-0.4, -0.2) is 22.4 Å². The molecule has 0 saturated heterocycles. The van der Waals surface area contributed by atoms with Crippen LogP contribution >= 0.6 is 23.4 Å². The van der Waals surface area contributed by atoms with E-state index in [0.29, 0.717) is 33.9 Å². The van der Waals surface area contributed by atoms with Gasteiger partial charge in [-0.3, -0.25) is 4.79 Å². The van der Waals surface area contributed by atoms with Gasteiger partial charge in [0.2, 0.25) is 0 Å². The van der Waals surface area contributed by atoms with Crippen LogP contribution in [-0.2, 0) is 18.7 Å². The van der Waals surface area contributed by atoms with Crippen LogP contribution < -0.4 is 10.2 Å². The molecule has 41 heavy (non-hydrogen) atoms. The van der Waals surface area contributed by atoms with Crippen molar-refractivity contribution in [3.8, 4) is 0 Å². The molecule has 0 aliphatic rings. The Balaban J connectivity index is 1.25. The molecule has 0 aliphatic heterocycles. The minimum Gasteiger partial charge on any atom is -0.352 e. The van der Waals surface area contributed by atoms with Crippen LogP contribution in [0, 0.1) is 5.82 Å². The van der Waals surface area contributed by atoms with Gasteiger partial charge in [0.1, 0.15) is 16.8 Å². The Hall–Kier alpha value is -4.20. The van der Waals surface area contributed by atoms with Crippen molar-refractivity contribution in [1.82, 2.24) is 9.97 Å². The van der Waals surface area contributed by atoms with Crippen molar-refractivity contribution >= 4 is 40.8 Å². The highest BCUT2D eigenvalue weighted by Gasteiger charge is 2.14. The first kappa shape index (κ1) is 28.3. The van der Waals surface area contributed by atoms with E-state index in [-0.39, 0.29) is 11.7 Å². The van der Waals surface area contributed by atoms with Gasteiger partial charge in [-0.05, 0) is 59.5 Å². The Morgan fingerprint density at radius 2 is 1.46 bits per heavy atom. The zero-order valence-electron chi connectivity index (χ0n) is 22.2. The third-order valence-corrected chi connectivity index (χ3v) is 7.51. The monoisotopic (exact) mass is 582 g/mol. The molecular weight excluding hydrogens is 555 g/mol. The molecule has 0 radical (unpaired) electrons. The van der Waals surface area contributed by atoms with Crippen LogP contribution in [0.1, 0.15) is 27.0 Å². The van der Waals surface area contributed by atoms with Gasteiger partial charge in [0.15, 0.2) is 5.16 Å². The molecule has 1 heterocycles. The second-order valence-electron chi connectivity index (χ2n) is 9.42. The largest absolute Gasteiger partial charge is 0.352 e. The maximum atomic E-state index is 13.1. The zero-order valence-corrected chi connectivity index (χ0v) is 23.8. The average Bonchev–Trinajstić information content (AvgIpc) is 3.00. The summed E-state index contributed by atoms with van der Waals surface area (Å²) >= 11 is 7.96. The second kappa shape index (κ2) is 13.9. The van der Waals surface area contributed by atoms with Crippen molar-refractivity contribution in [2.75, 3.05) is 16.8 Å². The maximum Gasteiger partial charge on any atom is 0.255 e.